The van der Waals surface area contributed by atoms with Crippen LogP contribution in [-0.4, -0.2) is 44.2 Å². The Morgan fingerprint density at radius 3 is 2.44 bits per heavy atom. The lowest BCUT2D eigenvalue weighted by atomic mass is 9.98. The molecule has 0 bridgehead atoms. The first-order valence-corrected chi connectivity index (χ1v) is 12.0. The average Bonchev–Trinajstić information content (AvgIpc) is 3.47. The van der Waals surface area contributed by atoms with Crippen LogP contribution < -0.4 is 4.90 Å². The van der Waals surface area contributed by atoms with E-state index in [1.165, 1.54) is 30.7 Å². The van der Waals surface area contributed by atoms with Crippen LogP contribution in [0.4, 0.5) is 18.9 Å². The Bertz CT molecular complexity index is 1320. The van der Waals surface area contributed by atoms with Crippen molar-refractivity contribution < 1.29 is 17.7 Å². The predicted molar refractivity (Wildman–Crippen MR) is 129 cm³/mol. The van der Waals surface area contributed by atoms with Crippen LogP contribution in [-0.2, 0) is 13.0 Å². The summed E-state index contributed by atoms with van der Waals surface area (Å²) in [6.45, 7) is 6.87. The highest BCUT2D eigenvalue weighted by Crippen LogP contribution is 2.26. The predicted octanol–water partition coefficient (Wildman–Crippen LogP) is 5.69. The summed E-state index contributed by atoms with van der Waals surface area (Å²) in [5.74, 6) is 2.21. The van der Waals surface area contributed by atoms with Crippen LogP contribution in [0.15, 0.2) is 53.1 Å². The van der Waals surface area contributed by atoms with Crippen molar-refractivity contribution in [1.29, 1.82) is 0 Å². The molecule has 5 rings (SSSR count). The van der Waals surface area contributed by atoms with Crippen LogP contribution in [0.25, 0.3) is 23.1 Å². The summed E-state index contributed by atoms with van der Waals surface area (Å²) in [5, 5.41) is 8.52. The van der Waals surface area contributed by atoms with Crippen LogP contribution >= 0.6 is 0 Å². The first-order chi connectivity index (χ1) is 17.2. The van der Waals surface area contributed by atoms with Crippen LogP contribution in [0.5, 0.6) is 0 Å². The standard InChI is InChI=1S/C26H27F3N6O/c1-17-10-12-34(13-11-17)22-5-3-4-20(14-22)16-35-18(2)30-24(32-35)25-31-23(33-36-25)21-8-6-19(7-9-21)15-26(27,28)29/h3-9,14,17H,10-13,15-16H2,1-2H3. The largest absolute Gasteiger partial charge is 0.393 e. The molecule has 4 aromatic rings. The van der Waals surface area contributed by atoms with Gasteiger partial charge in [-0.15, -0.1) is 5.10 Å². The fourth-order valence-corrected chi connectivity index (χ4v) is 4.39. The van der Waals surface area contributed by atoms with Gasteiger partial charge in [0.2, 0.25) is 11.6 Å². The second-order valence-corrected chi connectivity index (χ2v) is 9.39. The second-order valence-electron chi connectivity index (χ2n) is 9.39. The molecule has 0 unspecified atom stereocenters. The summed E-state index contributed by atoms with van der Waals surface area (Å²) in [4.78, 5) is 11.3. The molecule has 1 aliphatic heterocycles. The van der Waals surface area contributed by atoms with E-state index in [1.807, 2.05) is 6.92 Å². The molecule has 0 amide bonds. The van der Waals surface area contributed by atoms with E-state index in [0.717, 1.165) is 24.6 Å². The third-order valence-corrected chi connectivity index (χ3v) is 6.48. The number of piperidine rings is 1. The molecule has 0 atom stereocenters. The molecular weight excluding hydrogens is 469 g/mol. The minimum absolute atomic E-state index is 0.155. The number of halogens is 3. The first kappa shape index (κ1) is 24.0. The highest BCUT2D eigenvalue weighted by atomic mass is 19.4. The summed E-state index contributed by atoms with van der Waals surface area (Å²) in [6.07, 6.45) is -2.82. The van der Waals surface area contributed by atoms with Crippen molar-refractivity contribution in [3.05, 3.63) is 65.5 Å². The smallest absolute Gasteiger partial charge is 0.372 e. The SMILES string of the molecule is Cc1nc(-c2nc(-c3ccc(CC(F)(F)F)cc3)no2)nn1Cc1cccc(N2CCC(C)CC2)c1. The van der Waals surface area contributed by atoms with Gasteiger partial charge < -0.3 is 9.42 Å². The van der Waals surface area contributed by atoms with Crippen molar-refractivity contribution in [3.8, 4) is 23.1 Å². The number of nitrogens with zero attached hydrogens (tertiary/aromatic N) is 6. The van der Waals surface area contributed by atoms with Gasteiger partial charge >= 0.3 is 6.18 Å². The van der Waals surface area contributed by atoms with Crippen LogP contribution in [0.3, 0.4) is 0 Å². The molecule has 0 spiro atoms. The van der Waals surface area contributed by atoms with Crippen molar-refractivity contribution in [2.24, 2.45) is 5.92 Å². The topological polar surface area (TPSA) is 72.9 Å². The quantitative estimate of drug-likeness (QED) is 0.341. The highest BCUT2D eigenvalue weighted by molar-refractivity contribution is 5.57. The first-order valence-electron chi connectivity index (χ1n) is 12.0. The molecule has 2 aromatic heterocycles. The second kappa shape index (κ2) is 9.75. The number of benzene rings is 2. The van der Waals surface area contributed by atoms with Gasteiger partial charge in [0.1, 0.15) is 5.82 Å². The average molecular weight is 497 g/mol. The molecule has 7 nitrogen and oxygen atoms in total. The number of hydrogen-bond acceptors (Lipinski definition) is 6. The van der Waals surface area contributed by atoms with Gasteiger partial charge in [-0.2, -0.15) is 18.2 Å². The van der Waals surface area contributed by atoms with Crippen molar-refractivity contribution in [2.75, 3.05) is 18.0 Å². The maximum atomic E-state index is 12.6. The van der Waals surface area contributed by atoms with Crippen molar-refractivity contribution in [1.82, 2.24) is 24.9 Å². The molecule has 3 heterocycles. The van der Waals surface area contributed by atoms with E-state index in [0.29, 0.717) is 23.8 Å². The molecule has 0 radical (unpaired) electrons. The number of alkyl halides is 3. The molecule has 1 saturated heterocycles. The zero-order valence-corrected chi connectivity index (χ0v) is 20.2. The van der Waals surface area contributed by atoms with E-state index in [1.54, 1.807) is 16.8 Å². The van der Waals surface area contributed by atoms with Crippen molar-refractivity contribution in [3.63, 3.8) is 0 Å². The zero-order chi connectivity index (χ0) is 25.3. The normalized spacial score (nSPS) is 15.0. The van der Waals surface area contributed by atoms with Gasteiger partial charge in [-0.25, -0.2) is 9.67 Å². The number of rotatable bonds is 6. The molecule has 10 heteroatoms. The Hall–Kier alpha value is -3.69. The fraction of sp³-hybridized carbons (Fsp3) is 0.385. The lowest BCUT2D eigenvalue weighted by Gasteiger charge is -2.32. The van der Waals surface area contributed by atoms with E-state index < -0.39 is 12.6 Å². The Morgan fingerprint density at radius 1 is 0.972 bits per heavy atom. The fourth-order valence-electron chi connectivity index (χ4n) is 4.39. The molecule has 0 saturated carbocycles. The van der Waals surface area contributed by atoms with Gasteiger partial charge in [0, 0.05) is 24.3 Å². The van der Waals surface area contributed by atoms with Crippen molar-refractivity contribution in [2.45, 2.75) is 45.8 Å². The minimum atomic E-state index is -4.25. The highest BCUT2D eigenvalue weighted by Gasteiger charge is 2.27. The van der Waals surface area contributed by atoms with Crippen LogP contribution in [0.1, 0.15) is 36.7 Å². The van der Waals surface area contributed by atoms with Gasteiger partial charge in [0.15, 0.2) is 0 Å². The summed E-state index contributed by atoms with van der Waals surface area (Å²) in [6, 6.07) is 14.4. The summed E-state index contributed by atoms with van der Waals surface area (Å²) in [7, 11) is 0. The maximum Gasteiger partial charge on any atom is 0.393 e. The Kier molecular flexibility index (Phi) is 6.51. The number of anilines is 1. The monoisotopic (exact) mass is 496 g/mol. The van der Waals surface area contributed by atoms with E-state index in [-0.39, 0.29) is 17.3 Å². The number of hydrogen-bond donors (Lipinski definition) is 0. The third-order valence-electron chi connectivity index (χ3n) is 6.48. The van der Waals surface area contributed by atoms with E-state index in [2.05, 4.69) is 56.3 Å². The van der Waals surface area contributed by atoms with Crippen molar-refractivity contribution >= 4 is 5.69 Å². The molecule has 36 heavy (non-hydrogen) atoms. The minimum Gasteiger partial charge on any atom is -0.372 e. The van der Waals surface area contributed by atoms with Gasteiger partial charge in [-0.3, -0.25) is 0 Å². The van der Waals surface area contributed by atoms with Crippen LogP contribution in [0, 0.1) is 12.8 Å². The zero-order valence-electron chi connectivity index (χ0n) is 20.2. The Labute approximate surface area is 207 Å². The molecule has 0 N–H and O–H groups in total. The van der Waals surface area contributed by atoms with Gasteiger partial charge in [-0.1, -0.05) is 48.5 Å². The van der Waals surface area contributed by atoms with Gasteiger partial charge in [-0.05, 0) is 48.9 Å². The summed E-state index contributed by atoms with van der Waals surface area (Å²) >= 11 is 0. The summed E-state index contributed by atoms with van der Waals surface area (Å²) < 4.78 is 44.9. The lowest BCUT2D eigenvalue weighted by molar-refractivity contribution is -0.127. The van der Waals surface area contributed by atoms with E-state index in [4.69, 9.17) is 4.52 Å². The number of aryl methyl sites for hydroxylation is 1. The molecule has 188 valence electrons. The van der Waals surface area contributed by atoms with Gasteiger partial charge in [0.25, 0.3) is 5.89 Å². The Morgan fingerprint density at radius 2 is 1.72 bits per heavy atom. The van der Waals surface area contributed by atoms with Gasteiger partial charge in [0.05, 0.1) is 13.0 Å². The lowest BCUT2D eigenvalue weighted by Crippen LogP contribution is -2.32. The maximum absolute atomic E-state index is 12.6. The van der Waals surface area contributed by atoms with E-state index >= 15 is 0 Å². The van der Waals surface area contributed by atoms with Crippen LogP contribution in [0.2, 0.25) is 0 Å². The summed E-state index contributed by atoms with van der Waals surface area (Å²) in [5.41, 5.74) is 3.07. The molecule has 2 aromatic carbocycles. The molecule has 1 fully saturated rings. The third kappa shape index (κ3) is 5.58. The molecular formula is C26H27F3N6O. The molecule has 0 aliphatic carbocycles. The number of aromatic nitrogens is 5. The molecule has 1 aliphatic rings. The Balaban J connectivity index is 1.29. The van der Waals surface area contributed by atoms with E-state index in [9.17, 15) is 13.2 Å².